The largest absolute Gasteiger partial charge is 0.494 e. The predicted octanol–water partition coefficient (Wildman–Crippen LogP) is 3.57. The molecule has 6 nitrogen and oxygen atoms in total. The summed E-state index contributed by atoms with van der Waals surface area (Å²) in [4.78, 5) is 6.51. The van der Waals surface area contributed by atoms with Crippen LogP contribution in [0, 0.1) is 0 Å². The van der Waals surface area contributed by atoms with E-state index in [9.17, 15) is 0 Å². The lowest BCUT2D eigenvalue weighted by atomic mass is 9.77. The van der Waals surface area contributed by atoms with Crippen LogP contribution in [0.5, 0.6) is 0 Å². The standard InChI is InChI=1S/C22H35BN2O4/c1-21(2)22(3,4)29-23(28-21)19-11-9-8-10-18(14-19)15-24-16-20(17-25(5)6)27-13-12-26-7/h9-11,14,16-17H,8,12-13,15H2,1-7H3/b20-17+,24-16?. The van der Waals surface area contributed by atoms with Crippen molar-refractivity contribution in [1.29, 1.82) is 0 Å². The maximum atomic E-state index is 6.19. The molecule has 1 heterocycles. The Balaban J connectivity index is 2.05. The van der Waals surface area contributed by atoms with E-state index in [1.54, 1.807) is 13.3 Å². The Hall–Kier alpha value is -1.83. The molecule has 1 aliphatic heterocycles. The topological polar surface area (TPSA) is 52.5 Å². The molecule has 1 saturated heterocycles. The number of allylic oxidation sites excluding steroid dienone is 5. The van der Waals surface area contributed by atoms with Crippen LogP contribution in [0.1, 0.15) is 34.1 Å². The van der Waals surface area contributed by atoms with E-state index < -0.39 is 0 Å². The van der Waals surface area contributed by atoms with E-state index in [4.69, 9.17) is 18.8 Å². The third-order valence-corrected chi connectivity index (χ3v) is 5.14. The van der Waals surface area contributed by atoms with Crippen LogP contribution in [0.3, 0.4) is 0 Å². The van der Waals surface area contributed by atoms with E-state index in [-0.39, 0.29) is 18.3 Å². The molecule has 1 aliphatic carbocycles. The molecule has 0 bridgehead atoms. The predicted molar refractivity (Wildman–Crippen MR) is 119 cm³/mol. The lowest BCUT2D eigenvalue weighted by Gasteiger charge is -2.32. The molecule has 0 aromatic heterocycles. The smallest absolute Gasteiger partial charge is 0.488 e. The van der Waals surface area contributed by atoms with Crippen molar-refractivity contribution >= 4 is 13.3 Å². The highest BCUT2D eigenvalue weighted by molar-refractivity contribution is 6.55. The van der Waals surface area contributed by atoms with Crippen LogP contribution in [-0.2, 0) is 18.8 Å². The van der Waals surface area contributed by atoms with Crippen molar-refractivity contribution in [3.8, 4) is 0 Å². The molecule has 0 spiro atoms. The van der Waals surface area contributed by atoms with Gasteiger partial charge >= 0.3 is 7.12 Å². The molecular formula is C22H35BN2O4. The summed E-state index contributed by atoms with van der Waals surface area (Å²) in [5.74, 6) is 0.703. The van der Waals surface area contributed by atoms with Gasteiger partial charge in [0.05, 0.1) is 30.6 Å². The van der Waals surface area contributed by atoms with Crippen molar-refractivity contribution in [3.05, 3.63) is 47.3 Å². The van der Waals surface area contributed by atoms with E-state index in [0.29, 0.717) is 25.5 Å². The fourth-order valence-corrected chi connectivity index (χ4v) is 2.83. The van der Waals surface area contributed by atoms with Gasteiger partial charge in [0.15, 0.2) is 5.76 Å². The van der Waals surface area contributed by atoms with Crippen molar-refractivity contribution in [2.24, 2.45) is 4.99 Å². The zero-order valence-corrected chi connectivity index (χ0v) is 18.9. The number of aliphatic imine (C=N–C) groups is 1. The molecule has 2 rings (SSSR count). The zero-order valence-electron chi connectivity index (χ0n) is 18.9. The van der Waals surface area contributed by atoms with E-state index >= 15 is 0 Å². The van der Waals surface area contributed by atoms with Crippen LogP contribution >= 0.6 is 0 Å². The van der Waals surface area contributed by atoms with Gasteiger partial charge in [-0.25, -0.2) is 0 Å². The summed E-state index contributed by atoms with van der Waals surface area (Å²) in [6, 6.07) is 0. The van der Waals surface area contributed by atoms with E-state index in [1.165, 1.54) is 0 Å². The summed E-state index contributed by atoms with van der Waals surface area (Å²) < 4.78 is 23.1. The first-order chi connectivity index (χ1) is 13.6. The summed E-state index contributed by atoms with van der Waals surface area (Å²) in [5, 5.41) is 0. The summed E-state index contributed by atoms with van der Waals surface area (Å²) in [5.41, 5.74) is 1.43. The number of methoxy groups -OCH3 is 1. The van der Waals surface area contributed by atoms with Gasteiger partial charge in [0.25, 0.3) is 0 Å². The number of rotatable bonds is 9. The molecule has 0 atom stereocenters. The normalized spacial score (nSPS) is 21.2. The average molecular weight is 402 g/mol. The monoisotopic (exact) mass is 402 g/mol. The lowest BCUT2D eigenvalue weighted by Crippen LogP contribution is -2.41. The minimum atomic E-state index is -0.372. The highest BCUT2D eigenvalue weighted by atomic mass is 16.7. The minimum absolute atomic E-state index is 0.355. The third-order valence-electron chi connectivity index (χ3n) is 5.14. The average Bonchev–Trinajstić information content (AvgIpc) is 2.78. The Morgan fingerprint density at radius 1 is 1.21 bits per heavy atom. The summed E-state index contributed by atoms with van der Waals surface area (Å²) in [6.45, 7) is 9.85. The Bertz CT molecular complexity index is 690. The van der Waals surface area contributed by atoms with E-state index in [0.717, 1.165) is 17.5 Å². The molecule has 0 N–H and O–H groups in total. The molecular weight excluding hydrogens is 367 g/mol. The van der Waals surface area contributed by atoms with Crippen LogP contribution < -0.4 is 0 Å². The zero-order chi connectivity index (χ0) is 21.5. The molecule has 0 unspecified atom stereocenters. The van der Waals surface area contributed by atoms with Gasteiger partial charge in [-0.1, -0.05) is 24.3 Å². The van der Waals surface area contributed by atoms with Crippen LogP contribution in [0.15, 0.2) is 52.3 Å². The number of nitrogens with zero attached hydrogens (tertiary/aromatic N) is 2. The Labute approximate surface area is 176 Å². The first-order valence-corrected chi connectivity index (χ1v) is 10.1. The second kappa shape index (κ2) is 10.3. The molecule has 160 valence electrons. The first-order valence-electron chi connectivity index (χ1n) is 10.1. The van der Waals surface area contributed by atoms with Crippen LogP contribution in [-0.4, -0.2) is 70.4 Å². The van der Waals surface area contributed by atoms with Crippen molar-refractivity contribution in [3.63, 3.8) is 0 Å². The van der Waals surface area contributed by atoms with E-state index in [1.807, 2.05) is 25.2 Å². The molecule has 0 aromatic carbocycles. The summed E-state index contributed by atoms with van der Waals surface area (Å²) in [6.07, 6.45) is 13.0. The maximum Gasteiger partial charge on any atom is 0.494 e. The van der Waals surface area contributed by atoms with Gasteiger partial charge in [-0.05, 0) is 45.2 Å². The molecule has 0 aromatic rings. The second-order valence-electron chi connectivity index (χ2n) is 8.46. The van der Waals surface area contributed by atoms with Gasteiger partial charge in [0.1, 0.15) is 6.61 Å². The Morgan fingerprint density at radius 2 is 1.90 bits per heavy atom. The van der Waals surface area contributed by atoms with Gasteiger partial charge in [-0.3, -0.25) is 4.99 Å². The molecule has 0 amide bonds. The lowest BCUT2D eigenvalue weighted by molar-refractivity contribution is 0.00578. The molecule has 29 heavy (non-hydrogen) atoms. The van der Waals surface area contributed by atoms with Crippen LogP contribution in [0.25, 0.3) is 0 Å². The number of ether oxygens (including phenoxy) is 2. The minimum Gasteiger partial charge on any atom is -0.488 e. The number of hydrogen-bond donors (Lipinski definition) is 0. The molecule has 0 saturated carbocycles. The van der Waals surface area contributed by atoms with Gasteiger partial charge in [0, 0.05) is 27.4 Å². The van der Waals surface area contributed by atoms with Gasteiger partial charge in [-0.2, -0.15) is 0 Å². The molecule has 7 heteroatoms. The summed E-state index contributed by atoms with van der Waals surface area (Å²) in [7, 11) is 5.19. The van der Waals surface area contributed by atoms with Gasteiger partial charge in [0.2, 0.25) is 0 Å². The van der Waals surface area contributed by atoms with Crippen molar-refractivity contribution in [1.82, 2.24) is 4.90 Å². The first kappa shape index (κ1) is 23.5. The van der Waals surface area contributed by atoms with E-state index in [2.05, 4.69) is 57.0 Å². The fraction of sp³-hybridized carbons (Fsp3) is 0.591. The highest BCUT2D eigenvalue weighted by Gasteiger charge is 2.52. The third kappa shape index (κ3) is 6.87. The fourth-order valence-electron chi connectivity index (χ4n) is 2.83. The van der Waals surface area contributed by atoms with Crippen LogP contribution in [0.2, 0.25) is 0 Å². The van der Waals surface area contributed by atoms with Gasteiger partial charge < -0.3 is 23.7 Å². The quantitative estimate of drug-likeness (QED) is 0.256. The Kier molecular flexibility index (Phi) is 8.31. The molecule has 1 fully saturated rings. The van der Waals surface area contributed by atoms with Crippen molar-refractivity contribution in [2.75, 3.05) is 41.0 Å². The number of hydrogen-bond acceptors (Lipinski definition) is 6. The van der Waals surface area contributed by atoms with Gasteiger partial charge in [-0.15, -0.1) is 0 Å². The SMILES string of the molecule is COCCO/C(C=NCC1=CCC=CC(B2OC(C)(C)C(C)(C)O2)=C1)=C/N(C)C. The van der Waals surface area contributed by atoms with Crippen molar-refractivity contribution < 1.29 is 18.8 Å². The second-order valence-corrected chi connectivity index (χ2v) is 8.46. The highest BCUT2D eigenvalue weighted by Crippen LogP contribution is 2.39. The summed E-state index contributed by atoms with van der Waals surface area (Å²) >= 11 is 0. The van der Waals surface area contributed by atoms with Crippen LogP contribution in [0.4, 0.5) is 0 Å². The Morgan fingerprint density at radius 3 is 2.52 bits per heavy atom. The maximum absolute atomic E-state index is 6.19. The molecule has 2 aliphatic rings. The molecule has 0 radical (unpaired) electrons. The van der Waals surface area contributed by atoms with Crippen molar-refractivity contribution in [2.45, 2.75) is 45.3 Å².